The topological polar surface area (TPSA) is 78.9 Å². The molecule has 1 aromatic rings. The molecule has 0 saturated carbocycles. The van der Waals surface area contributed by atoms with E-state index in [4.69, 9.17) is 11.0 Å². The van der Waals surface area contributed by atoms with E-state index in [1.54, 1.807) is 13.0 Å². The minimum atomic E-state index is -4.66. The third-order valence-electron chi connectivity index (χ3n) is 2.91. The maximum Gasteiger partial charge on any atom is 0.418 e. The molecule has 0 aliphatic carbocycles. The molecule has 0 bridgehead atoms. The highest BCUT2D eigenvalue weighted by atomic mass is 19.4. The summed E-state index contributed by atoms with van der Waals surface area (Å²) in [4.78, 5) is 11.8. The first-order valence-electron chi connectivity index (χ1n) is 5.84. The van der Waals surface area contributed by atoms with Crippen LogP contribution in [0.25, 0.3) is 0 Å². The van der Waals surface area contributed by atoms with Crippen molar-refractivity contribution < 1.29 is 18.0 Å². The molecule has 7 heteroatoms. The number of halogens is 3. The molecule has 0 aliphatic rings. The van der Waals surface area contributed by atoms with Crippen LogP contribution in [0, 0.1) is 17.2 Å². The number of carbonyl (C=O) groups excluding carboxylic acids is 1. The van der Waals surface area contributed by atoms with Crippen LogP contribution >= 0.6 is 0 Å². The van der Waals surface area contributed by atoms with Crippen LogP contribution < -0.4 is 11.1 Å². The van der Waals surface area contributed by atoms with Crippen LogP contribution in [0.4, 0.5) is 18.9 Å². The minimum Gasteiger partial charge on any atom is -0.327 e. The van der Waals surface area contributed by atoms with Crippen molar-refractivity contribution in [2.24, 2.45) is 11.7 Å². The molecule has 4 nitrogen and oxygen atoms in total. The van der Waals surface area contributed by atoms with Crippen molar-refractivity contribution in [2.45, 2.75) is 26.1 Å². The number of benzene rings is 1. The van der Waals surface area contributed by atoms with Crippen LogP contribution in [0.1, 0.15) is 25.0 Å². The van der Waals surface area contributed by atoms with E-state index in [9.17, 15) is 18.0 Å². The molecule has 20 heavy (non-hydrogen) atoms. The quantitative estimate of drug-likeness (QED) is 0.895. The number of hydrogen-bond acceptors (Lipinski definition) is 3. The smallest absolute Gasteiger partial charge is 0.327 e. The molecule has 0 radical (unpaired) electrons. The Hall–Kier alpha value is -2.07. The molecular weight excluding hydrogens is 271 g/mol. The first-order chi connectivity index (χ1) is 9.16. The Balaban J connectivity index is 3.13. The van der Waals surface area contributed by atoms with E-state index in [1.807, 2.05) is 0 Å². The zero-order valence-corrected chi connectivity index (χ0v) is 11.0. The van der Waals surface area contributed by atoms with Gasteiger partial charge in [-0.05, 0) is 25.1 Å². The maximum absolute atomic E-state index is 12.9. The molecule has 3 N–H and O–H groups in total. The Morgan fingerprint density at radius 2 is 2.00 bits per heavy atom. The van der Waals surface area contributed by atoms with Crippen molar-refractivity contribution in [2.75, 3.05) is 5.32 Å². The van der Waals surface area contributed by atoms with E-state index in [-0.39, 0.29) is 11.3 Å². The summed E-state index contributed by atoms with van der Waals surface area (Å²) in [6, 6.07) is 4.12. The average molecular weight is 285 g/mol. The number of amides is 1. The summed E-state index contributed by atoms with van der Waals surface area (Å²) in [7, 11) is 0. The Morgan fingerprint density at radius 3 is 2.45 bits per heavy atom. The summed E-state index contributed by atoms with van der Waals surface area (Å²) in [5, 5.41) is 10.8. The summed E-state index contributed by atoms with van der Waals surface area (Å²) in [5.74, 6) is -1.23. The van der Waals surface area contributed by atoms with Gasteiger partial charge in [-0.15, -0.1) is 0 Å². The molecule has 108 valence electrons. The van der Waals surface area contributed by atoms with Gasteiger partial charge in [0.05, 0.1) is 28.8 Å². The van der Waals surface area contributed by atoms with E-state index >= 15 is 0 Å². The zero-order chi connectivity index (χ0) is 15.5. The van der Waals surface area contributed by atoms with Gasteiger partial charge < -0.3 is 11.1 Å². The third kappa shape index (κ3) is 3.71. The number of nitrogens with one attached hydrogen (secondary N) is 1. The molecule has 0 saturated heterocycles. The standard InChI is InChI=1S/C13H14F3N3O/c1-7(8(2)18)12(20)19-11-4-3-9(6-17)5-10(11)13(14,15)16/h3-5,7-8H,18H2,1-2H3,(H,19,20). The lowest BCUT2D eigenvalue weighted by Crippen LogP contribution is -2.34. The Kier molecular flexibility index (Phi) is 4.73. The van der Waals surface area contributed by atoms with Gasteiger partial charge in [0.2, 0.25) is 5.91 Å². The molecule has 1 amide bonds. The molecule has 2 unspecified atom stereocenters. The van der Waals surface area contributed by atoms with E-state index < -0.39 is 29.6 Å². The largest absolute Gasteiger partial charge is 0.418 e. The van der Waals surface area contributed by atoms with Crippen LogP contribution in [-0.4, -0.2) is 11.9 Å². The summed E-state index contributed by atoms with van der Waals surface area (Å²) in [5.41, 5.74) is 3.97. The minimum absolute atomic E-state index is 0.129. The molecule has 0 fully saturated rings. The normalized spacial score (nSPS) is 14.2. The number of alkyl halides is 3. The number of nitrogens with zero attached hydrogens (tertiary/aromatic N) is 1. The highest BCUT2D eigenvalue weighted by Crippen LogP contribution is 2.35. The molecule has 0 aliphatic heterocycles. The van der Waals surface area contributed by atoms with Crippen molar-refractivity contribution in [1.29, 1.82) is 5.26 Å². The summed E-state index contributed by atoms with van der Waals surface area (Å²) in [6.45, 7) is 3.12. The lowest BCUT2D eigenvalue weighted by molar-refractivity contribution is -0.137. The second-order valence-corrected chi connectivity index (χ2v) is 4.51. The van der Waals surface area contributed by atoms with Gasteiger partial charge in [0.1, 0.15) is 0 Å². The highest BCUT2D eigenvalue weighted by molar-refractivity contribution is 5.93. The van der Waals surface area contributed by atoms with Crippen molar-refractivity contribution in [3.63, 3.8) is 0 Å². The van der Waals surface area contributed by atoms with E-state index in [2.05, 4.69) is 5.32 Å². The van der Waals surface area contributed by atoms with Gasteiger partial charge in [0.25, 0.3) is 0 Å². The van der Waals surface area contributed by atoms with E-state index in [1.165, 1.54) is 13.0 Å². The summed E-state index contributed by atoms with van der Waals surface area (Å²) < 4.78 is 38.7. The number of nitrogens with two attached hydrogens (primary N) is 1. The van der Waals surface area contributed by atoms with Crippen molar-refractivity contribution >= 4 is 11.6 Å². The molecule has 2 atom stereocenters. The van der Waals surface area contributed by atoms with Crippen LogP contribution in [0.15, 0.2) is 18.2 Å². The summed E-state index contributed by atoms with van der Waals surface area (Å²) in [6.07, 6.45) is -4.66. The fourth-order valence-corrected chi connectivity index (χ4v) is 1.44. The third-order valence-corrected chi connectivity index (χ3v) is 2.91. The predicted octanol–water partition coefficient (Wildman–Crippen LogP) is 2.50. The maximum atomic E-state index is 12.9. The SMILES string of the molecule is CC(N)C(C)C(=O)Nc1ccc(C#N)cc1C(F)(F)F. The first kappa shape index (κ1) is 16.0. The number of carbonyl (C=O) groups is 1. The molecule has 0 aromatic heterocycles. The highest BCUT2D eigenvalue weighted by Gasteiger charge is 2.34. The van der Waals surface area contributed by atoms with Gasteiger partial charge in [0, 0.05) is 6.04 Å². The van der Waals surface area contributed by atoms with Crippen molar-refractivity contribution in [3.8, 4) is 6.07 Å². The second kappa shape index (κ2) is 5.92. The lowest BCUT2D eigenvalue weighted by atomic mass is 10.0. The molecule has 1 aromatic carbocycles. The summed E-state index contributed by atoms with van der Waals surface area (Å²) >= 11 is 0. The second-order valence-electron chi connectivity index (χ2n) is 4.51. The van der Waals surface area contributed by atoms with Crippen LogP contribution in [0.2, 0.25) is 0 Å². The average Bonchev–Trinajstić information content (AvgIpc) is 2.36. The van der Waals surface area contributed by atoms with Gasteiger partial charge >= 0.3 is 6.18 Å². The lowest BCUT2D eigenvalue weighted by Gasteiger charge is -2.18. The number of hydrogen-bond donors (Lipinski definition) is 2. The monoisotopic (exact) mass is 285 g/mol. The van der Waals surface area contributed by atoms with Gasteiger partial charge in [-0.1, -0.05) is 6.92 Å². The molecule has 0 spiro atoms. The van der Waals surface area contributed by atoms with Crippen LogP contribution in [-0.2, 0) is 11.0 Å². The van der Waals surface area contributed by atoms with Crippen LogP contribution in [0.3, 0.4) is 0 Å². The number of rotatable bonds is 3. The van der Waals surface area contributed by atoms with Gasteiger partial charge in [-0.3, -0.25) is 4.79 Å². The zero-order valence-electron chi connectivity index (χ0n) is 11.0. The van der Waals surface area contributed by atoms with Gasteiger partial charge in [-0.25, -0.2) is 0 Å². The fraction of sp³-hybridized carbons (Fsp3) is 0.385. The van der Waals surface area contributed by atoms with Gasteiger partial charge in [-0.2, -0.15) is 18.4 Å². The Morgan fingerprint density at radius 1 is 1.40 bits per heavy atom. The Bertz CT molecular complexity index is 547. The predicted molar refractivity (Wildman–Crippen MR) is 67.6 cm³/mol. The number of nitriles is 1. The molecule has 1 rings (SSSR count). The van der Waals surface area contributed by atoms with Crippen molar-refractivity contribution in [1.82, 2.24) is 0 Å². The van der Waals surface area contributed by atoms with Crippen LogP contribution in [0.5, 0.6) is 0 Å². The first-order valence-corrected chi connectivity index (χ1v) is 5.84. The molecular formula is C13H14F3N3O. The van der Waals surface area contributed by atoms with E-state index in [0.717, 1.165) is 6.07 Å². The number of anilines is 1. The molecule has 0 heterocycles. The fourth-order valence-electron chi connectivity index (χ4n) is 1.44. The van der Waals surface area contributed by atoms with Gasteiger partial charge in [0.15, 0.2) is 0 Å². The Labute approximate surface area is 114 Å². The van der Waals surface area contributed by atoms with Crippen molar-refractivity contribution in [3.05, 3.63) is 29.3 Å². The van der Waals surface area contributed by atoms with E-state index in [0.29, 0.717) is 6.07 Å².